The molecule has 6 heteroatoms. The van der Waals surface area contributed by atoms with Crippen molar-refractivity contribution in [3.05, 3.63) is 11.6 Å². The number of allylic oxidation sites excluding steroid dienone is 1. The summed E-state index contributed by atoms with van der Waals surface area (Å²) in [6.07, 6.45) is -0.477. The van der Waals surface area contributed by atoms with Gasteiger partial charge in [-0.2, -0.15) is 13.2 Å². The van der Waals surface area contributed by atoms with Crippen LogP contribution >= 0.6 is 0 Å². The normalized spacial score (nSPS) is 20.1. The number of likely N-dealkylation sites (tertiary alicyclic amines) is 1. The minimum absolute atomic E-state index is 0.0874. The van der Waals surface area contributed by atoms with Gasteiger partial charge in [-0.05, 0) is 45.6 Å². The molecule has 0 aliphatic carbocycles. The van der Waals surface area contributed by atoms with Crippen LogP contribution in [0.5, 0.6) is 0 Å². The van der Waals surface area contributed by atoms with Crippen molar-refractivity contribution in [1.82, 2.24) is 10.2 Å². The van der Waals surface area contributed by atoms with Gasteiger partial charge < -0.3 is 10.2 Å². The van der Waals surface area contributed by atoms with Crippen LogP contribution in [0.25, 0.3) is 0 Å². The lowest BCUT2D eigenvalue weighted by Gasteiger charge is -2.33. The van der Waals surface area contributed by atoms with E-state index in [0.717, 1.165) is 31.4 Å². The van der Waals surface area contributed by atoms with Gasteiger partial charge in [-0.25, -0.2) is 0 Å². The number of piperidine rings is 1. The summed E-state index contributed by atoms with van der Waals surface area (Å²) in [4.78, 5) is 13.3. The lowest BCUT2D eigenvalue weighted by Crippen LogP contribution is -2.38. The van der Waals surface area contributed by atoms with Gasteiger partial charge >= 0.3 is 6.18 Å². The highest BCUT2D eigenvalue weighted by molar-refractivity contribution is 5.87. The number of rotatable bonds is 6. The molecule has 1 atom stereocenters. The van der Waals surface area contributed by atoms with Crippen molar-refractivity contribution in [1.29, 1.82) is 0 Å². The smallest absolute Gasteiger partial charge is 0.353 e. The fourth-order valence-corrected chi connectivity index (χ4v) is 2.59. The standard InChI is InChI=1S/C15H25F3N2O/c1-12(2)10-14(21)19-7-5-13-4-3-8-20(11-13)9-6-15(16,17)18/h10,13H,3-9,11H2,1-2H3,(H,19,21)/t13-/m0/s1. The van der Waals surface area contributed by atoms with E-state index in [0.29, 0.717) is 19.0 Å². The van der Waals surface area contributed by atoms with Crippen molar-refractivity contribution in [2.24, 2.45) is 5.92 Å². The topological polar surface area (TPSA) is 32.3 Å². The van der Waals surface area contributed by atoms with Crippen LogP contribution in [0.15, 0.2) is 11.6 Å². The van der Waals surface area contributed by atoms with Crippen molar-refractivity contribution >= 4 is 5.91 Å². The zero-order valence-electron chi connectivity index (χ0n) is 12.8. The maximum absolute atomic E-state index is 12.2. The Morgan fingerprint density at radius 3 is 2.71 bits per heavy atom. The molecule has 0 saturated carbocycles. The van der Waals surface area contributed by atoms with Crippen molar-refractivity contribution in [2.45, 2.75) is 45.7 Å². The quantitative estimate of drug-likeness (QED) is 0.765. The molecule has 3 nitrogen and oxygen atoms in total. The van der Waals surface area contributed by atoms with E-state index < -0.39 is 12.6 Å². The number of amides is 1. The molecular weight excluding hydrogens is 281 g/mol. The molecule has 1 heterocycles. The summed E-state index contributed by atoms with van der Waals surface area (Å²) in [6, 6.07) is 0. The second kappa shape index (κ2) is 8.41. The molecular formula is C15H25F3N2O. The summed E-state index contributed by atoms with van der Waals surface area (Å²) < 4.78 is 36.7. The average molecular weight is 306 g/mol. The van der Waals surface area contributed by atoms with Crippen LogP contribution < -0.4 is 5.32 Å². The van der Waals surface area contributed by atoms with Gasteiger partial charge in [-0.3, -0.25) is 4.79 Å². The van der Waals surface area contributed by atoms with Gasteiger partial charge in [-0.15, -0.1) is 0 Å². The molecule has 21 heavy (non-hydrogen) atoms. The van der Waals surface area contributed by atoms with E-state index in [1.54, 1.807) is 6.08 Å². The first kappa shape index (κ1) is 18.0. The summed E-state index contributed by atoms with van der Waals surface area (Å²) in [5.74, 6) is 0.277. The average Bonchev–Trinajstić information content (AvgIpc) is 2.35. The van der Waals surface area contributed by atoms with Crippen molar-refractivity contribution in [3.63, 3.8) is 0 Å². The fraction of sp³-hybridized carbons (Fsp3) is 0.800. The minimum Gasteiger partial charge on any atom is -0.353 e. The lowest BCUT2D eigenvalue weighted by atomic mass is 9.94. The van der Waals surface area contributed by atoms with E-state index in [2.05, 4.69) is 5.32 Å². The molecule has 0 bridgehead atoms. The van der Waals surface area contributed by atoms with Crippen LogP contribution in [0.1, 0.15) is 39.5 Å². The second-order valence-corrected chi connectivity index (χ2v) is 5.98. The SMILES string of the molecule is CC(C)=CC(=O)NCC[C@@H]1CCCN(CCC(F)(F)F)C1. The molecule has 1 N–H and O–H groups in total. The number of alkyl halides is 3. The Bertz CT molecular complexity index is 362. The number of carbonyl (C=O) groups is 1. The van der Waals surface area contributed by atoms with E-state index in [-0.39, 0.29) is 12.5 Å². The monoisotopic (exact) mass is 306 g/mol. The van der Waals surface area contributed by atoms with Crippen molar-refractivity contribution in [2.75, 3.05) is 26.2 Å². The van der Waals surface area contributed by atoms with Gasteiger partial charge in [0.05, 0.1) is 6.42 Å². The van der Waals surface area contributed by atoms with E-state index in [1.165, 1.54) is 0 Å². The van der Waals surface area contributed by atoms with Gasteiger partial charge in [0.25, 0.3) is 0 Å². The summed E-state index contributed by atoms with van der Waals surface area (Å²) in [5, 5.41) is 2.82. The van der Waals surface area contributed by atoms with E-state index in [9.17, 15) is 18.0 Å². The van der Waals surface area contributed by atoms with Crippen molar-refractivity contribution in [3.8, 4) is 0 Å². The fourth-order valence-electron chi connectivity index (χ4n) is 2.59. The number of nitrogens with zero attached hydrogens (tertiary/aromatic N) is 1. The maximum Gasteiger partial charge on any atom is 0.390 e. The number of hydrogen-bond acceptors (Lipinski definition) is 2. The van der Waals surface area contributed by atoms with Crippen LogP contribution in [0.4, 0.5) is 13.2 Å². The predicted octanol–water partition coefficient (Wildman–Crippen LogP) is 3.12. The Balaban J connectivity index is 2.24. The molecule has 0 aromatic heterocycles. The van der Waals surface area contributed by atoms with E-state index in [1.807, 2.05) is 18.7 Å². The molecule has 1 amide bonds. The zero-order valence-corrected chi connectivity index (χ0v) is 12.8. The minimum atomic E-state index is -4.08. The van der Waals surface area contributed by atoms with Gasteiger partial charge in [0.1, 0.15) is 0 Å². The molecule has 0 spiro atoms. The molecule has 0 unspecified atom stereocenters. The van der Waals surface area contributed by atoms with Gasteiger partial charge in [-0.1, -0.05) is 5.57 Å². The third kappa shape index (κ3) is 8.75. The molecule has 1 saturated heterocycles. The summed E-state index contributed by atoms with van der Waals surface area (Å²) in [6.45, 7) is 5.84. The van der Waals surface area contributed by atoms with Crippen molar-refractivity contribution < 1.29 is 18.0 Å². The van der Waals surface area contributed by atoms with Crippen LogP contribution in [-0.4, -0.2) is 43.2 Å². The Morgan fingerprint density at radius 1 is 1.38 bits per heavy atom. The van der Waals surface area contributed by atoms with Gasteiger partial charge in [0, 0.05) is 25.7 Å². The third-order valence-electron chi connectivity index (χ3n) is 3.59. The molecule has 0 aromatic rings. The molecule has 122 valence electrons. The first-order valence-electron chi connectivity index (χ1n) is 7.48. The number of hydrogen-bond donors (Lipinski definition) is 1. The Morgan fingerprint density at radius 2 is 2.10 bits per heavy atom. The molecule has 0 radical (unpaired) electrons. The Kier molecular flexibility index (Phi) is 7.22. The Hall–Kier alpha value is -1.04. The van der Waals surface area contributed by atoms with Crippen LogP contribution in [0.2, 0.25) is 0 Å². The highest BCUT2D eigenvalue weighted by Gasteiger charge is 2.29. The highest BCUT2D eigenvalue weighted by atomic mass is 19.4. The lowest BCUT2D eigenvalue weighted by molar-refractivity contribution is -0.138. The molecule has 1 fully saturated rings. The van der Waals surface area contributed by atoms with Crippen LogP contribution in [0.3, 0.4) is 0 Å². The first-order valence-corrected chi connectivity index (χ1v) is 7.48. The third-order valence-corrected chi connectivity index (χ3v) is 3.59. The summed E-state index contributed by atoms with van der Waals surface area (Å²) in [7, 11) is 0. The summed E-state index contributed by atoms with van der Waals surface area (Å²) >= 11 is 0. The van der Waals surface area contributed by atoms with Gasteiger partial charge in [0.2, 0.25) is 5.91 Å². The zero-order chi connectivity index (χ0) is 15.9. The number of nitrogens with one attached hydrogen (secondary N) is 1. The molecule has 0 aromatic carbocycles. The Labute approximate surface area is 124 Å². The largest absolute Gasteiger partial charge is 0.390 e. The highest BCUT2D eigenvalue weighted by Crippen LogP contribution is 2.23. The van der Waals surface area contributed by atoms with E-state index in [4.69, 9.17) is 0 Å². The van der Waals surface area contributed by atoms with Gasteiger partial charge in [0.15, 0.2) is 0 Å². The van der Waals surface area contributed by atoms with E-state index >= 15 is 0 Å². The number of halogens is 3. The molecule has 1 rings (SSSR count). The summed E-state index contributed by atoms with van der Waals surface area (Å²) in [5.41, 5.74) is 0.948. The van der Waals surface area contributed by atoms with Crippen LogP contribution in [-0.2, 0) is 4.79 Å². The van der Waals surface area contributed by atoms with Crippen LogP contribution in [0, 0.1) is 5.92 Å². The molecule has 1 aliphatic heterocycles. The first-order chi connectivity index (χ1) is 9.76. The second-order valence-electron chi connectivity index (χ2n) is 5.98. The number of carbonyl (C=O) groups excluding carboxylic acids is 1. The predicted molar refractivity (Wildman–Crippen MR) is 76.9 cm³/mol. The molecule has 1 aliphatic rings. The maximum atomic E-state index is 12.2.